The van der Waals surface area contributed by atoms with Crippen LogP contribution < -0.4 is 0 Å². The zero-order valence-corrected chi connectivity index (χ0v) is 12.3. The van der Waals surface area contributed by atoms with Gasteiger partial charge in [-0.2, -0.15) is 0 Å². The monoisotopic (exact) mass is 284 g/mol. The van der Waals surface area contributed by atoms with Crippen LogP contribution in [0.25, 0.3) is 0 Å². The van der Waals surface area contributed by atoms with Crippen molar-refractivity contribution in [3.8, 4) is 0 Å². The van der Waals surface area contributed by atoms with E-state index in [9.17, 15) is 4.79 Å². The Labute approximate surface area is 118 Å². The third-order valence-electron chi connectivity index (χ3n) is 3.91. The second kappa shape index (κ2) is 5.22. The molecule has 0 amide bonds. The van der Waals surface area contributed by atoms with Crippen LogP contribution in [0.15, 0.2) is 18.2 Å². The van der Waals surface area contributed by atoms with Crippen molar-refractivity contribution in [3.63, 3.8) is 0 Å². The summed E-state index contributed by atoms with van der Waals surface area (Å²) in [5, 5.41) is 1.04. The first kappa shape index (κ1) is 13.9. The lowest BCUT2D eigenvalue weighted by atomic mass is 9.71. The Morgan fingerprint density at radius 2 is 1.83 bits per heavy atom. The van der Waals surface area contributed by atoms with E-state index in [4.69, 9.17) is 23.2 Å². The highest BCUT2D eigenvalue weighted by Gasteiger charge is 2.31. The molecule has 0 saturated heterocycles. The van der Waals surface area contributed by atoms with E-state index in [1.54, 1.807) is 18.2 Å². The highest BCUT2D eigenvalue weighted by molar-refractivity contribution is 6.36. The van der Waals surface area contributed by atoms with E-state index in [0.29, 0.717) is 21.0 Å². The summed E-state index contributed by atoms with van der Waals surface area (Å²) >= 11 is 11.9. The lowest BCUT2D eigenvalue weighted by Gasteiger charge is -2.33. The molecule has 1 aliphatic carbocycles. The SMILES string of the molecule is CC1(C)CCC(C(=O)c2ccc(Cl)cc2Cl)CC1. The van der Waals surface area contributed by atoms with Crippen molar-refractivity contribution in [1.82, 2.24) is 0 Å². The maximum absolute atomic E-state index is 12.4. The van der Waals surface area contributed by atoms with Crippen LogP contribution in [0.5, 0.6) is 0 Å². The van der Waals surface area contributed by atoms with Crippen LogP contribution in [0, 0.1) is 11.3 Å². The minimum atomic E-state index is 0.122. The summed E-state index contributed by atoms with van der Waals surface area (Å²) in [5.41, 5.74) is 0.992. The molecule has 0 aromatic heterocycles. The van der Waals surface area contributed by atoms with Gasteiger partial charge in [0.1, 0.15) is 0 Å². The summed E-state index contributed by atoms with van der Waals surface area (Å²) in [6, 6.07) is 5.11. The number of carbonyl (C=O) groups excluding carboxylic acids is 1. The van der Waals surface area contributed by atoms with Gasteiger partial charge in [-0.05, 0) is 49.3 Å². The Hall–Kier alpha value is -0.530. The molecule has 1 fully saturated rings. The molecule has 3 heteroatoms. The van der Waals surface area contributed by atoms with Crippen molar-refractivity contribution in [2.24, 2.45) is 11.3 Å². The van der Waals surface area contributed by atoms with Crippen molar-refractivity contribution < 1.29 is 4.79 Å². The van der Waals surface area contributed by atoms with Gasteiger partial charge in [-0.1, -0.05) is 37.0 Å². The lowest BCUT2D eigenvalue weighted by Crippen LogP contribution is -2.26. The summed E-state index contributed by atoms with van der Waals surface area (Å²) in [6.45, 7) is 4.53. The molecule has 0 atom stereocenters. The summed E-state index contributed by atoms with van der Waals surface area (Å²) in [6.07, 6.45) is 4.14. The molecule has 0 unspecified atom stereocenters. The molecule has 0 spiro atoms. The fraction of sp³-hybridized carbons (Fsp3) is 0.533. The van der Waals surface area contributed by atoms with Gasteiger partial charge in [-0.25, -0.2) is 0 Å². The van der Waals surface area contributed by atoms with Crippen LogP contribution in [-0.4, -0.2) is 5.78 Å². The fourth-order valence-corrected chi connectivity index (χ4v) is 3.07. The van der Waals surface area contributed by atoms with Crippen molar-refractivity contribution >= 4 is 29.0 Å². The molecule has 1 saturated carbocycles. The number of hydrogen-bond acceptors (Lipinski definition) is 1. The zero-order valence-electron chi connectivity index (χ0n) is 10.8. The summed E-state index contributed by atoms with van der Waals surface area (Å²) in [4.78, 5) is 12.4. The smallest absolute Gasteiger partial charge is 0.167 e. The highest BCUT2D eigenvalue weighted by Crippen LogP contribution is 2.39. The first-order valence-electron chi connectivity index (χ1n) is 6.38. The summed E-state index contributed by atoms with van der Waals surface area (Å²) in [5.74, 6) is 0.295. The first-order valence-corrected chi connectivity index (χ1v) is 7.14. The van der Waals surface area contributed by atoms with Gasteiger partial charge >= 0.3 is 0 Å². The van der Waals surface area contributed by atoms with Crippen molar-refractivity contribution in [3.05, 3.63) is 33.8 Å². The van der Waals surface area contributed by atoms with E-state index < -0.39 is 0 Å². The lowest BCUT2D eigenvalue weighted by molar-refractivity contribution is 0.0838. The third-order valence-corrected chi connectivity index (χ3v) is 4.45. The number of carbonyl (C=O) groups is 1. The van der Waals surface area contributed by atoms with Crippen molar-refractivity contribution in [2.45, 2.75) is 39.5 Å². The largest absolute Gasteiger partial charge is 0.294 e. The highest BCUT2D eigenvalue weighted by atomic mass is 35.5. The topological polar surface area (TPSA) is 17.1 Å². The van der Waals surface area contributed by atoms with Crippen LogP contribution in [0.3, 0.4) is 0 Å². The van der Waals surface area contributed by atoms with Gasteiger partial charge in [0.15, 0.2) is 5.78 Å². The maximum atomic E-state index is 12.4. The van der Waals surface area contributed by atoms with Gasteiger partial charge in [0, 0.05) is 16.5 Å². The Morgan fingerprint density at radius 3 is 2.39 bits per heavy atom. The molecular weight excluding hydrogens is 267 g/mol. The molecular formula is C15H18Cl2O. The van der Waals surface area contributed by atoms with Crippen LogP contribution in [0.2, 0.25) is 10.0 Å². The van der Waals surface area contributed by atoms with E-state index in [0.717, 1.165) is 25.7 Å². The summed E-state index contributed by atoms with van der Waals surface area (Å²) in [7, 11) is 0. The van der Waals surface area contributed by atoms with Gasteiger partial charge in [0.25, 0.3) is 0 Å². The second-order valence-corrected chi connectivity index (χ2v) is 6.77. The molecule has 98 valence electrons. The van der Waals surface area contributed by atoms with E-state index in [2.05, 4.69) is 13.8 Å². The molecule has 0 radical (unpaired) electrons. The van der Waals surface area contributed by atoms with Gasteiger partial charge < -0.3 is 0 Å². The van der Waals surface area contributed by atoms with Crippen LogP contribution >= 0.6 is 23.2 Å². The van der Waals surface area contributed by atoms with E-state index >= 15 is 0 Å². The fourth-order valence-electron chi connectivity index (χ4n) is 2.57. The minimum absolute atomic E-state index is 0.122. The minimum Gasteiger partial charge on any atom is -0.294 e. The number of ketones is 1. The maximum Gasteiger partial charge on any atom is 0.167 e. The van der Waals surface area contributed by atoms with E-state index in [1.807, 2.05) is 0 Å². The molecule has 2 rings (SSSR count). The molecule has 0 bridgehead atoms. The van der Waals surface area contributed by atoms with E-state index in [1.165, 1.54) is 0 Å². The first-order chi connectivity index (χ1) is 8.39. The molecule has 1 nitrogen and oxygen atoms in total. The molecule has 1 aromatic carbocycles. The Balaban J connectivity index is 2.13. The number of Topliss-reactive ketones (excluding diaryl/α,β-unsaturated/α-hetero) is 1. The van der Waals surface area contributed by atoms with Gasteiger partial charge in [0.2, 0.25) is 0 Å². The zero-order chi connectivity index (χ0) is 13.3. The Kier molecular flexibility index (Phi) is 4.03. The quantitative estimate of drug-likeness (QED) is 0.665. The molecule has 0 aliphatic heterocycles. The predicted molar refractivity (Wildman–Crippen MR) is 76.5 cm³/mol. The van der Waals surface area contributed by atoms with Crippen LogP contribution in [0.4, 0.5) is 0 Å². The predicted octanol–water partition coefficient (Wildman–Crippen LogP) is 5.39. The molecule has 0 heterocycles. The van der Waals surface area contributed by atoms with Crippen molar-refractivity contribution in [1.29, 1.82) is 0 Å². The van der Waals surface area contributed by atoms with E-state index in [-0.39, 0.29) is 11.7 Å². The average molecular weight is 285 g/mol. The third kappa shape index (κ3) is 3.07. The van der Waals surface area contributed by atoms with Gasteiger partial charge in [-0.15, -0.1) is 0 Å². The second-order valence-electron chi connectivity index (χ2n) is 5.93. The molecule has 1 aliphatic rings. The Morgan fingerprint density at radius 1 is 1.22 bits per heavy atom. The average Bonchev–Trinajstić information content (AvgIpc) is 2.28. The standard InChI is InChI=1S/C15H18Cl2O/c1-15(2)7-5-10(6-8-15)14(18)12-4-3-11(16)9-13(12)17/h3-4,9-10H,5-8H2,1-2H3. The van der Waals surface area contributed by atoms with Gasteiger partial charge in [0.05, 0.1) is 5.02 Å². The molecule has 0 N–H and O–H groups in total. The summed E-state index contributed by atoms with van der Waals surface area (Å²) < 4.78 is 0. The number of benzene rings is 1. The van der Waals surface area contributed by atoms with Crippen molar-refractivity contribution in [2.75, 3.05) is 0 Å². The van der Waals surface area contributed by atoms with Crippen LogP contribution in [-0.2, 0) is 0 Å². The number of hydrogen-bond donors (Lipinski definition) is 0. The Bertz CT molecular complexity index is 456. The molecule has 1 aromatic rings. The van der Waals surface area contributed by atoms with Crippen LogP contribution in [0.1, 0.15) is 49.9 Å². The number of halogens is 2. The molecule has 18 heavy (non-hydrogen) atoms. The normalized spacial score (nSPS) is 19.8. The number of rotatable bonds is 2. The van der Waals surface area contributed by atoms with Gasteiger partial charge in [-0.3, -0.25) is 4.79 Å².